The fraction of sp³-hybridized carbons (Fsp3) is 0.0909. The van der Waals surface area contributed by atoms with Gasteiger partial charge in [0, 0.05) is 17.1 Å². The molecular weight excluding hydrogens is 352 g/mol. The minimum absolute atomic E-state index is 0. The van der Waals surface area contributed by atoms with Gasteiger partial charge in [0.15, 0.2) is 0 Å². The molecule has 0 aliphatic carbocycles. The molecule has 1 aromatic carbocycles. The van der Waals surface area contributed by atoms with E-state index in [0.29, 0.717) is 5.56 Å². The predicted molar refractivity (Wildman–Crippen MR) is 59.7 cm³/mol. The summed E-state index contributed by atoms with van der Waals surface area (Å²) in [5, 5.41) is 8.41. The van der Waals surface area contributed by atoms with E-state index in [1.54, 1.807) is 31.4 Å². The van der Waals surface area contributed by atoms with E-state index in [2.05, 4.69) is 20.0 Å². The van der Waals surface area contributed by atoms with Gasteiger partial charge in [0.25, 0.3) is 0 Å². The van der Waals surface area contributed by atoms with Crippen molar-refractivity contribution in [3.8, 4) is 11.8 Å². The Balaban J connectivity index is -0.0000000691. The molecule has 0 heterocycles. The van der Waals surface area contributed by atoms with Crippen LogP contribution in [0.2, 0.25) is 0 Å². The number of benzene rings is 1. The first kappa shape index (κ1) is 32.1. The summed E-state index contributed by atoms with van der Waals surface area (Å²) >= 11 is 0. The summed E-state index contributed by atoms with van der Waals surface area (Å²) in [5.41, 5.74) is 0.654. The second-order valence-corrected chi connectivity index (χ2v) is 2.34. The van der Waals surface area contributed by atoms with Crippen LogP contribution in [0.5, 0.6) is 5.75 Å². The normalized spacial score (nSPS) is 6.82. The molecule has 0 unspecified atom stereocenters. The van der Waals surface area contributed by atoms with Gasteiger partial charge in [-0.25, -0.2) is 0 Å². The molecule has 0 amide bonds. The summed E-state index contributed by atoms with van der Waals surface area (Å²) in [6.45, 7) is 13.5. The molecule has 1 rings (SSSR count). The molecule has 0 saturated heterocycles. The summed E-state index contributed by atoms with van der Waals surface area (Å²) in [4.78, 5) is 0. The van der Waals surface area contributed by atoms with Gasteiger partial charge in [0.05, 0.1) is 18.7 Å². The Morgan fingerprint density at radius 1 is 0.955 bits per heavy atom. The number of methoxy groups -OCH3 is 1. The van der Waals surface area contributed by atoms with Gasteiger partial charge in [-0.1, -0.05) is 0 Å². The van der Waals surface area contributed by atoms with Gasteiger partial charge >= 0.3 is 41.2 Å². The summed E-state index contributed by atoms with van der Waals surface area (Å²) in [7, 11) is -4.40. The molecule has 0 aliphatic rings. The van der Waals surface area contributed by atoms with E-state index in [9.17, 15) is 17.3 Å². The van der Waals surface area contributed by atoms with Crippen LogP contribution in [0.1, 0.15) is 5.56 Å². The van der Waals surface area contributed by atoms with Crippen molar-refractivity contribution in [2.75, 3.05) is 7.11 Å². The van der Waals surface area contributed by atoms with E-state index in [-0.39, 0.29) is 17.1 Å². The SMILES string of the molecule is COc1ccc(C#N)cc1.F[B-](F)(F)F.[C-]#[O+].[C-]#[O+].[C-]#[O+].[Mn]. The predicted octanol–water partition coefficient (Wildman–Crippen LogP) is 2.75. The third-order valence-corrected chi connectivity index (χ3v) is 1.22. The molecule has 0 spiro atoms. The molecule has 0 atom stereocenters. The Labute approximate surface area is 135 Å². The van der Waals surface area contributed by atoms with Crippen LogP contribution in [-0.2, 0) is 31.0 Å². The van der Waals surface area contributed by atoms with Crippen molar-refractivity contribution >= 4 is 7.25 Å². The first-order valence-electron chi connectivity index (χ1n) is 4.39. The zero-order valence-electron chi connectivity index (χ0n) is 10.9. The summed E-state index contributed by atoms with van der Waals surface area (Å²) in [5.74, 6) is 0.777. The van der Waals surface area contributed by atoms with Crippen LogP contribution in [-0.4, -0.2) is 14.4 Å². The number of ether oxygens (including phenoxy) is 1. The van der Waals surface area contributed by atoms with Crippen molar-refractivity contribution in [3.63, 3.8) is 0 Å². The largest absolute Gasteiger partial charge is 0 e. The van der Waals surface area contributed by atoms with Gasteiger partial charge in [0.2, 0.25) is 0 Å². The second kappa shape index (κ2) is 24.1. The standard InChI is InChI=1S/C8H7NO.3CO.BF4.Mn/c1-10-8-4-2-7(6-9)3-5-8;3*1-2;2-1(3,4)5;/h2-5H,1H3;;;;;/q;;;;-1;. The molecule has 0 aliphatic heterocycles. The monoisotopic (exact) mass is 359 g/mol. The Hall–Kier alpha value is -1.97. The van der Waals surface area contributed by atoms with Crippen LogP contribution in [0, 0.1) is 31.3 Å². The van der Waals surface area contributed by atoms with Gasteiger partial charge in [-0.2, -0.15) is 5.26 Å². The zero-order chi connectivity index (χ0) is 17.9. The molecule has 22 heavy (non-hydrogen) atoms. The molecular formula is C11H7BF4MnNO4-. The van der Waals surface area contributed by atoms with Crippen LogP contribution in [0.15, 0.2) is 24.3 Å². The molecule has 0 N–H and O–H groups in total. The topological polar surface area (TPSA) is 92.7 Å². The van der Waals surface area contributed by atoms with Gasteiger partial charge in [-0.15, -0.1) is 0 Å². The molecule has 0 aromatic heterocycles. The molecule has 119 valence electrons. The molecule has 0 fully saturated rings. The third kappa shape index (κ3) is 36.1. The minimum Gasteiger partial charge on any atom is 0 e. The van der Waals surface area contributed by atoms with Gasteiger partial charge in [0.1, 0.15) is 5.75 Å². The molecule has 0 saturated carbocycles. The van der Waals surface area contributed by atoms with Gasteiger partial charge in [-0.05, 0) is 24.3 Å². The van der Waals surface area contributed by atoms with Gasteiger partial charge < -0.3 is 22.0 Å². The van der Waals surface area contributed by atoms with Crippen molar-refractivity contribution < 1.29 is 53.0 Å². The Morgan fingerprint density at radius 3 is 1.41 bits per heavy atom. The van der Waals surface area contributed by atoms with Crippen molar-refractivity contribution in [1.82, 2.24) is 0 Å². The number of nitrogens with zero attached hydrogens (tertiary/aromatic N) is 1. The van der Waals surface area contributed by atoms with E-state index in [0.717, 1.165) is 5.75 Å². The first-order valence-corrected chi connectivity index (χ1v) is 4.39. The van der Waals surface area contributed by atoms with Crippen LogP contribution < -0.4 is 4.74 Å². The van der Waals surface area contributed by atoms with Crippen molar-refractivity contribution in [1.29, 1.82) is 5.26 Å². The Kier molecular flexibility index (Phi) is 35.1. The van der Waals surface area contributed by atoms with Gasteiger partial charge in [-0.3, -0.25) is 0 Å². The van der Waals surface area contributed by atoms with E-state index < -0.39 is 7.25 Å². The second-order valence-electron chi connectivity index (χ2n) is 2.34. The van der Waals surface area contributed by atoms with E-state index >= 15 is 0 Å². The fourth-order valence-corrected chi connectivity index (χ4v) is 0.666. The molecule has 11 heteroatoms. The maximum Gasteiger partial charge on any atom is 0 e. The molecule has 1 radical (unpaired) electrons. The third-order valence-electron chi connectivity index (χ3n) is 1.22. The summed E-state index contributed by atoms with van der Waals surface area (Å²) < 4.78 is 66.4. The minimum atomic E-state index is -6.00. The van der Waals surface area contributed by atoms with E-state index in [1.165, 1.54) is 0 Å². The molecule has 0 bridgehead atoms. The maximum atomic E-state index is 9.75. The van der Waals surface area contributed by atoms with E-state index in [1.807, 2.05) is 6.07 Å². The van der Waals surface area contributed by atoms with Crippen LogP contribution >= 0.6 is 0 Å². The average Bonchev–Trinajstić information content (AvgIpc) is 2.52. The van der Waals surface area contributed by atoms with Crippen molar-refractivity contribution in [2.24, 2.45) is 0 Å². The molecule has 5 nitrogen and oxygen atoms in total. The Bertz CT molecular complexity index is 434. The maximum absolute atomic E-state index is 9.75. The fourth-order valence-electron chi connectivity index (χ4n) is 0.666. The Morgan fingerprint density at radius 2 is 1.23 bits per heavy atom. The first-order chi connectivity index (χ1) is 9.86. The van der Waals surface area contributed by atoms with Crippen LogP contribution in [0.4, 0.5) is 17.3 Å². The van der Waals surface area contributed by atoms with Crippen LogP contribution in [0.3, 0.4) is 0 Å². The number of rotatable bonds is 1. The van der Waals surface area contributed by atoms with Crippen molar-refractivity contribution in [2.45, 2.75) is 0 Å². The molecule has 1 aromatic rings. The number of halogens is 4. The number of hydrogen-bond donors (Lipinski definition) is 0. The smallest absolute Gasteiger partial charge is 0 e. The summed E-state index contributed by atoms with van der Waals surface area (Å²) in [6.07, 6.45) is 0. The van der Waals surface area contributed by atoms with Crippen molar-refractivity contribution in [3.05, 3.63) is 49.8 Å². The summed E-state index contributed by atoms with van der Waals surface area (Å²) in [6, 6.07) is 8.99. The quantitative estimate of drug-likeness (QED) is 0.334. The number of nitriles is 1. The number of hydrogen-bond acceptors (Lipinski definition) is 2. The average molecular weight is 359 g/mol. The zero-order valence-corrected chi connectivity index (χ0v) is 12.0. The van der Waals surface area contributed by atoms with Crippen LogP contribution in [0.25, 0.3) is 0 Å². The van der Waals surface area contributed by atoms with E-state index in [4.69, 9.17) is 24.0 Å².